The van der Waals surface area contributed by atoms with Crippen LogP contribution in [0.15, 0.2) is 6.33 Å². The molecule has 108 valence electrons. The molecule has 0 aliphatic carbocycles. The van der Waals surface area contributed by atoms with Gasteiger partial charge in [0.15, 0.2) is 0 Å². The fourth-order valence-electron chi connectivity index (χ4n) is 1.91. The fourth-order valence-corrected chi connectivity index (χ4v) is 1.91. The van der Waals surface area contributed by atoms with Crippen molar-refractivity contribution in [2.24, 2.45) is 0 Å². The third-order valence-electron chi connectivity index (χ3n) is 3.13. The van der Waals surface area contributed by atoms with Crippen LogP contribution in [0.25, 0.3) is 0 Å². The summed E-state index contributed by atoms with van der Waals surface area (Å²) >= 11 is 0. The highest BCUT2D eigenvalue weighted by Gasteiger charge is 2.14. The molecule has 19 heavy (non-hydrogen) atoms. The van der Waals surface area contributed by atoms with Gasteiger partial charge in [0.25, 0.3) is 0 Å². The van der Waals surface area contributed by atoms with Crippen LogP contribution in [0.1, 0.15) is 39.2 Å². The molecule has 0 amide bonds. The lowest BCUT2D eigenvalue weighted by Gasteiger charge is -2.19. The summed E-state index contributed by atoms with van der Waals surface area (Å²) in [5, 5.41) is 6.73. The Kier molecular flexibility index (Phi) is 6.56. The van der Waals surface area contributed by atoms with Gasteiger partial charge in [0.1, 0.15) is 18.0 Å². The van der Waals surface area contributed by atoms with Gasteiger partial charge in [-0.2, -0.15) is 0 Å². The molecule has 0 radical (unpaired) electrons. The Morgan fingerprint density at radius 2 is 1.79 bits per heavy atom. The number of rotatable bonds is 8. The van der Waals surface area contributed by atoms with E-state index in [1.165, 1.54) is 5.56 Å². The first kappa shape index (κ1) is 15.7. The predicted octanol–water partition coefficient (Wildman–Crippen LogP) is 2.40. The van der Waals surface area contributed by atoms with Crippen LogP contribution in [0.2, 0.25) is 0 Å². The Bertz CT molecular complexity index is 378. The summed E-state index contributed by atoms with van der Waals surface area (Å²) in [7, 11) is 2.12. The van der Waals surface area contributed by atoms with E-state index in [1.807, 2.05) is 0 Å². The van der Waals surface area contributed by atoms with Gasteiger partial charge in [0.05, 0.1) is 0 Å². The number of hydrogen-bond donors (Lipinski definition) is 2. The van der Waals surface area contributed by atoms with E-state index in [2.05, 4.69) is 60.2 Å². The van der Waals surface area contributed by atoms with Gasteiger partial charge in [-0.3, -0.25) is 0 Å². The van der Waals surface area contributed by atoms with Crippen molar-refractivity contribution in [1.82, 2.24) is 14.9 Å². The zero-order valence-electron chi connectivity index (χ0n) is 12.8. The van der Waals surface area contributed by atoms with Crippen molar-refractivity contribution < 1.29 is 0 Å². The van der Waals surface area contributed by atoms with Gasteiger partial charge in [0, 0.05) is 25.2 Å². The molecule has 1 rings (SSSR count). The van der Waals surface area contributed by atoms with Crippen LogP contribution in [0.5, 0.6) is 0 Å². The van der Waals surface area contributed by atoms with Crippen LogP contribution >= 0.6 is 0 Å². The molecule has 0 aliphatic rings. The molecule has 1 heterocycles. The topological polar surface area (TPSA) is 53.1 Å². The van der Waals surface area contributed by atoms with Gasteiger partial charge in [0.2, 0.25) is 0 Å². The van der Waals surface area contributed by atoms with Gasteiger partial charge in [-0.05, 0) is 26.4 Å². The van der Waals surface area contributed by atoms with Gasteiger partial charge < -0.3 is 15.5 Å². The van der Waals surface area contributed by atoms with Gasteiger partial charge in [-0.15, -0.1) is 0 Å². The van der Waals surface area contributed by atoms with E-state index in [0.717, 1.165) is 37.8 Å². The van der Waals surface area contributed by atoms with Crippen molar-refractivity contribution in [3.8, 4) is 0 Å². The van der Waals surface area contributed by atoms with E-state index in [1.54, 1.807) is 6.33 Å². The van der Waals surface area contributed by atoms with Crippen LogP contribution in [-0.2, 0) is 0 Å². The van der Waals surface area contributed by atoms with E-state index in [4.69, 9.17) is 0 Å². The molecule has 5 heteroatoms. The Balaban J connectivity index is 2.78. The second-order valence-corrected chi connectivity index (χ2v) is 4.99. The third kappa shape index (κ3) is 4.67. The molecule has 0 fully saturated rings. The second-order valence-electron chi connectivity index (χ2n) is 4.99. The van der Waals surface area contributed by atoms with E-state index in [-0.39, 0.29) is 0 Å². The third-order valence-corrected chi connectivity index (χ3v) is 3.13. The first-order valence-electron chi connectivity index (χ1n) is 7.11. The van der Waals surface area contributed by atoms with Gasteiger partial charge >= 0.3 is 0 Å². The number of likely N-dealkylation sites (N-methyl/N-ethyl adjacent to an activating group) is 1. The summed E-state index contributed by atoms with van der Waals surface area (Å²) in [5.74, 6) is 2.28. The minimum Gasteiger partial charge on any atom is -0.370 e. The van der Waals surface area contributed by atoms with E-state index >= 15 is 0 Å². The molecule has 0 aromatic carbocycles. The quantitative estimate of drug-likeness (QED) is 0.756. The number of nitrogens with zero attached hydrogens (tertiary/aromatic N) is 3. The average Bonchev–Trinajstić information content (AvgIpc) is 2.38. The molecule has 5 nitrogen and oxygen atoms in total. The van der Waals surface area contributed by atoms with Crippen molar-refractivity contribution in [3.05, 3.63) is 11.9 Å². The van der Waals surface area contributed by atoms with Gasteiger partial charge in [-0.25, -0.2) is 9.97 Å². The first-order chi connectivity index (χ1) is 9.10. The Morgan fingerprint density at radius 3 is 2.32 bits per heavy atom. The van der Waals surface area contributed by atoms with Crippen molar-refractivity contribution in [1.29, 1.82) is 0 Å². The SMILES string of the molecule is CCNc1ncnc(NCCN(C)CC)c1C(C)C. The molecule has 0 saturated heterocycles. The highest BCUT2D eigenvalue weighted by molar-refractivity contribution is 5.58. The molecule has 2 N–H and O–H groups in total. The van der Waals surface area contributed by atoms with Crippen molar-refractivity contribution >= 4 is 11.6 Å². The first-order valence-corrected chi connectivity index (χ1v) is 7.11. The van der Waals surface area contributed by atoms with Crippen LogP contribution in [0, 0.1) is 0 Å². The standard InChI is InChI=1S/C14H27N5/c1-6-15-13-12(11(3)4)14(18-10-17-13)16-8-9-19(5)7-2/h10-11H,6-9H2,1-5H3,(H2,15,16,17,18). The normalized spacial score (nSPS) is 11.1. The summed E-state index contributed by atoms with van der Waals surface area (Å²) in [6.45, 7) is 12.4. The van der Waals surface area contributed by atoms with Crippen molar-refractivity contribution in [3.63, 3.8) is 0 Å². The molecule has 0 saturated carbocycles. The minimum absolute atomic E-state index is 0.390. The molecular formula is C14H27N5. The van der Waals surface area contributed by atoms with Gasteiger partial charge in [-0.1, -0.05) is 20.8 Å². The average molecular weight is 265 g/mol. The molecule has 0 bridgehead atoms. The highest BCUT2D eigenvalue weighted by atomic mass is 15.1. The second kappa shape index (κ2) is 7.94. The van der Waals surface area contributed by atoms with E-state index in [9.17, 15) is 0 Å². The lowest BCUT2D eigenvalue weighted by Crippen LogP contribution is -2.25. The molecule has 0 unspecified atom stereocenters. The Morgan fingerprint density at radius 1 is 1.16 bits per heavy atom. The summed E-state index contributed by atoms with van der Waals surface area (Å²) in [5.41, 5.74) is 1.17. The molecule has 0 spiro atoms. The van der Waals surface area contributed by atoms with Crippen molar-refractivity contribution in [2.75, 3.05) is 43.9 Å². The predicted molar refractivity (Wildman–Crippen MR) is 81.9 cm³/mol. The number of hydrogen-bond acceptors (Lipinski definition) is 5. The fraction of sp³-hybridized carbons (Fsp3) is 0.714. The number of anilines is 2. The minimum atomic E-state index is 0.390. The van der Waals surface area contributed by atoms with Crippen LogP contribution in [0.4, 0.5) is 11.6 Å². The number of nitrogens with one attached hydrogen (secondary N) is 2. The molecular weight excluding hydrogens is 238 g/mol. The van der Waals surface area contributed by atoms with E-state index in [0.29, 0.717) is 5.92 Å². The maximum absolute atomic E-state index is 4.38. The highest BCUT2D eigenvalue weighted by Crippen LogP contribution is 2.27. The number of aromatic nitrogens is 2. The lowest BCUT2D eigenvalue weighted by atomic mass is 10.0. The zero-order valence-corrected chi connectivity index (χ0v) is 12.8. The summed E-state index contributed by atoms with van der Waals surface area (Å²) in [6, 6.07) is 0. The van der Waals surface area contributed by atoms with Crippen LogP contribution in [0.3, 0.4) is 0 Å². The van der Waals surface area contributed by atoms with Crippen LogP contribution < -0.4 is 10.6 Å². The molecule has 0 atom stereocenters. The smallest absolute Gasteiger partial charge is 0.135 e. The molecule has 1 aromatic rings. The van der Waals surface area contributed by atoms with E-state index < -0.39 is 0 Å². The monoisotopic (exact) mass is 265 g/mol. The maximum atomic E-state index is 4.38. The Hall–Kier alpha value is -1.36. The molecule has 0 aliphatic heterocycles. The maximum Gasteiger partial charge on any atom is 0.135 e. The zero-order chi connectivity index (χ0) is 14.3. The van der Waals surface area contributed by atoms with Crippen molar-refractivity contribution in [2.45, 2.75) is 33.6 Å². The Labute approximate surface area is 116 Å². The summed E-state index contributed by atoms with van der Waals surface area (Å²) in [6.07, 6.45) is 1.62. The molecule has 1 aromatic heterocycles. The lowest BCUT2D eigenvalue weighted by molar-refractivity contribution is 0.367. The van der Waals surface area contributed by atoms with Crippen LogP contribution in [-0.4, -0.2) is 48.1 Å². The largest absolute Gasteiger partial charge is 0.370 e. The summed E-state index contributed by atoms with van der Waals surface area (Å²) in [4.78, 5) is 11.0. The summed E-state index contributed by atoms with van der Waals surface area (Å²) < 4.78 is 0.